The maximum Gasteiger partial charge on any atom is 0.0789 e. The largest absolute Gasteiger partial charge is 0.364 e. The Morgan fingerprint density at radius 2 is 2.13 bits per heavy atom. The predicted molar refractivity (Wildman–Crippen MR) is 65.3 cm³/mol. The molecule has 0 aliphatic heterocycles. The lowest BCUT2D eigenvalue weighted by atomic mass is 10.1. The van der Waals surface area contributed by atoms with Crippen LogP contribution in [0.3, 0.4) is 0 Å². The number of hydrogen-bond donors (Lipinski definition) is 0. The van der Waals surface area contributed by atoms with Gasteiger partial charge in [-0.15, -0.1) is 6.42 Å². The van der Waals surface area contributed by atoms with E-state index in [4.69, 9.17) is 6.42 Å². The number of hydrogen-bond acceptors (Lipinski definition) is 1. The average Bonchev–Trinajstić information content (AvgIpc) is 2.27. The molecule has 1 nitrogen and oxygen atoms in total. The van der Waals surface area contributed by atoms with Crippen LogP contribution in [0.25, 0.3) is 0 Å². The van der Waals surface area contributed by atoms with E-state index in [1.54, 1.807) is 0 Å². The van der Waals surface area contributed by atoms with Gasteiger partial charge in [-0.05, 0) is 25.1 Å². The van der Waals surface area contributed by atoms with Crippen molar-refractivity contribution in [1.29, 1.82) is 0 Å². The molecule has 1 atom stereocenters. The first kappa shape index (κ1) is 11.4. The molecule has 0 amide bonds. The highest BCUT2D eigenvalue weighted by atomic mass is 15.1. The normalized spacial score (nSPS) is 11.5. The standard InChI is InChI=1S/C14H17N/c1-4-11-15(5-2)13(3)12-14-9-7-6-8-10-14/h1,5-10,13H,2,11-12H2,3H3/t13-/m1/s1. The monoisotopic (exact) mass is 199 g/mol. The van der Waals surface area contributed by atoms with Crippen molar-refractivity contribution in [2.24, 2.45) is 0 Å². The number of rotatable bonds is 5. The summed E-state index contributed by atoms with van der Waals surface area (Å²) < 4.78 is 0. The molecule has 15 heavy (non-hydrogen) atoms. The van der Waals surface area contributed by atoms with Crippen molar-refractivity contribution in [2.75, 3.05) is 6.54 Å². The van der Waals surface area contributed by atoms with E-state index in [2.05, 4.69) is 48.6 Å². The first-order valence-corrected chi connectivity index (χ1v) is 5.13. The molecule has 0 unspecified atom stereocenters. The molecule has 0 N–H and O–H groups in total. The van der Waals surface area contributed by atoms with E-state index in [1.807, 2.05) is 12.3 Å². The molecule has 0 fully saturated rings. The van der Waals surface area contributed by atoms with Gasteiger partial charge in [-0.2, -0.15) is 0 Å². The summed E-state index contributed by atoms with van der Waals surface area (Å²) in [7, 11) is 0. The lowest BCUT2D eigenvalue weighted by molar-refractivity contribution is 0.325. The van der Waals surface area contributed by atoms with Crippen LogP contribution in [0.5, 0.6) is 0 Å². The summed E-state index contributed by atoms with van der Waals surface area (Å²) in [5.41, 5.74) is 1.33. The third-order valence-electron chi connectivity index (χ3n) is 2.45. The van der Waals surface area contributed by atoms with Crippen LogP contribution < -0.4 is 0 Å². The lowest BCUT2D eigenvalue weighted by Crippen LogP contribution is -2.29. The number of terminal acetylenes is 1. The first-order valence-electron chi connectivity index (χ1n) is 5.13. The molecule has 0 saturated carbocycles. The molecule has 0 heterocycles. The van der Waals surface area contributed by atoms with Crippen LogP contribution >= 0.6 is 0 Å². The van der Waals surface area contributed by atoms with Crippen LogP contribution in [0.2, 0.25) is 0 Å². The van der Waals surface area contributed by atoms with Crippen LogP contribution in [-0.4, -0.2) is 17.5 Å². The van der Waals surface area contributed by atoms with Gasteiger partial charge in [-0.1, -0.05) is 42.8 Å². The van der Waals surface area contributed by atoms with Gasteiger partial charge in [0.25, 0.3) is 0 Å². The predicted octanol–water partition coefficient (Wildman–Crippen LogP) is 2.70. The smallest absolute Gasteiger partial charge is 0.0789 e. The van der Waals surface area contributed by atoms with Crippen molar-refractivity contribution in [3.05, 3.63) is 48.7 Å². The van der Waals surface area contributed by atoms with Gasteiger partial charge >= 0.3 is 0 Å². The summed E-state index contributed by atoms with van der Waals surface area (Å²) >= 11 is 0. The van der Waals surface area contributed by atoms with Crippen LogP contribution in [0.4, 0.5) is 0 Å². The zero-order valence-electron chi connectivity index (χ0n) is 9.19. The summed E-state index contributed by atoms with van der Waals surface area (Å²) in [5, 5.41) is 0. The van der Waals surface area contributed by atoms with Crippen molar-refractivity contribution in [2.45, 2.75) is 19.4 Å². The molecule has 0 radical (unpaired) electrons. The van der Waals surface area contributed by atoms with E-state index in [9.17, 15) is 0 Å². The van der Waals surface area contributed by atoms with E-state index < -0.39 is 0 Å². The fourth-order valence-corrected chi connectivity index (χ4v) is 1.58. The molecular weight excluding hydrogens is 182 g/mol. The first-order chi connectivity index (χ1) is 7.27. The van der Waals surface area contributed by atoms with Gasteiger partial charge < -0.3 is 4.90 Å². The van der Waals surface area contributed by atoms with E-state index >= 15 is 0 Å². The van der Waals surface area contributed by atoms with Crippen LogP contribution in [0.1, 0.15) is 12.5 Å². The second-order valence-corrected chi connectivity index (χ2v) is 3.60. The fraction of sp³-hybridized carbons (Fsp3) is 0.286. The molecule has 1 aromatic carbocycles. The Morgan fingerprint density at radius 3 is 2.67 bits per heavy atom. The highest BCUT2D eigenvalue weighted by Crippen LogP contribution is 2.08. The topological polar surface area (TPSA) is 3.24 Å². The van der Waals surface area contributed by atoms with Gasteiger partial charge in [0.2, 0.25) is 0 Å². The van der Waals surface area contributed by atoms with Crippen molar-refractivity contribution in [3.8, 4) is 12.3 Å². The van der Waals surface area contributed by atoms with E-state index in [-0.39, 0.29) is 0 Å². The fourth-order valence-electron chi connectivity index (χ4n) is 1.58. The van der Waals surface area contributed by atoms with Crippen molar-refractivity contribution < 1.29 is 0 Å². The van der Waals surface area contributed by atoms with Gasteiger partial charge in [0, 0.05) is 6.04 Å². The summed E-state index contributed by atoms with van der Waals surface area (Å²) in [4.78, 5) is 2.08. The Balaban J connectivity index is 2.58. The molecule has 0 aromatic heterocycles. The Kier molecular flexibility index (Phi) is 4.50. The number of nitrogens with zero attached hydrogens (tertiary/aromatic N) is 1. The molecule has 1 rings (SSSR count). The second kappa shape index (κ2) is 5.93. The zero-order valence-corrected chi connectivity index (χ0v) is 9.19. The maximum absolute atomic E-state index is 5.30. The second-order valence-electron chi connectivity index (χ2n) is 3.60. The summed E-state index contributed by atoms with van der Waals surface area (Å²) in [6.45, 7) is 6.55. The average molecular weight is 199 g/mol. The highest BCUT2D eigenvalue weighted by molar-refractivity contribution is 5.16. The summed E-state index contributed by atoms with van der Waals surface area (Å²) in [6, 6.07) is 10.8. The quantitative estimate of drug-likeness (QED) is 0.659. The SMILES string of the molecule is C#CCN(C=C)[C@H](C)Cc1ccccc1. The lowest BCUT2D eigenvalue weighted by Gasteiger charge is -2.25. The Labute approximate surface area is 92.4 Å². The third-order valence-corrected chi connectivity index (χ3v) is 2.45. The molecule has 1 heteroatoms. The van der Waals surface area contributed by atoms with E-state index in [1.165, 1.54) is 5.56 Å². The van der Waals surface area contributed by atoms with Crippen LogP contribution in [0, 0.1) is 12.3 Å². The molecular formula is C14H17N. The summed E-state index contributed by atoms with van der Waals surface area (Å²) in [5.74, 6) is 2.64. The Hall–Kier alpha value is -1.68. The van der Waals surface area contributed by atoms with Gasteiger partial charge in [-0.3, -0.25) is 0 Å². The van der Waals surface area contributed by atoms with E-state index in [0.717, 1.165) is 6.42 Å². The van der Waals surface area contributed by atoms with Crippen molar-refractivity contribution in [3.63, 3.8) is 0 Å². The third kappa shape index (κ3) is 3.52. The number of benzene rings is 1. The van der Waals surface area contributed by atoms with Crippen LogP contribution in [-0.2, 0) is 6.42 Å². The molecule has 1 aromatic rings. The molecule has 0 saturated heterocycles. The zero-order chi connectivity index (χ0) is 11.1. The molecule has 0 aliphatic rings. The van der Waals surface area contributed by atoms with Gasteiger partial charge in [0.15, 0.2) is 0 Å². The van der Waals surface area contributed by atoms with Crippen molar-refractivity contribution >= 4 is 0 Å². The molecule has 0 aliphatic carbocycles. The molecule has 78 valence electrons. The minimum Gasteiger partial charge on any atom is -0.364 e. The molecule has 0 bridgehead atoms. The summed E-state index contributed by atoms with van der Waals surface area (Å²) in [6.07, 6.45) is 8.10. The van der Waals surface area contributed by atoms with Gasteiger partial charge in [0.05, 0.1) is 6.54 Å². The Morgan fingerprint density at radius 1 is 1.47 bits per heavy atom. The van der Waals surface area contributed by atoms with Gasteiger partial charge in [-0.25, -0.2) is 0 Å². The minimum atomic E-state index is 0.390. The van der Waals surface area contributed by atoms with Crippen molar-refractivity contribution in [1.82, 2.24) is 4.90 Å². The van der Waals surface area contributed by atoms with Crippen LogP contribution in [0.15, 0.2) is 43.1 Å². The molecule has 0 spiro atoms. The highest BCUT2D eigenvalue weighted by Gasteiger charge is 2.08. The van der Waals surface area contributed by atoms with E-state index in [0.29, 0.717) is 12.6 Å². The van der Waals surface area contributed by atoms with Gasteiger partial charge in [0.1, 0.15) is 0 Å². The minimum absolute atomic E-state index is 0.390. The Bertz CT molecular complexity index is 334. The maximum atomic E-state index is 5.30.